The Morgan fingerprint density at radius 2 is 1.65 bits per heavy atom. The summed E-state index contributed by atoms with van der Waals surface area (Å²) in [4.78, 5) is 27.4. The number of carbonyl (C=O) groups excluding carboxylic acids is 2. The molecule has 4 rings (SSSR count). The minimum absolute atomic E-state index is 0.000461. The van der Waals surface area contributed by atoms with Crippen LogP contribution in [0, 0.1) is 46.3 Å². The highest BCUT2D eigenvalue weighted by Crippen LogP contribution is 2.67. The molecule has 43 heavy (non-hydrogen) atoms. The van der Waals surface area contributed by atoms with Crippen LogP contribution in [0.1, 0.15) is 131 Å². The van der Waals surface area contributed by atoms with Crippen molar-refractivity contribution in [3.8, 4) is 0 Å². The van der Waals surface area contributed by atoms with Crippen LogP contribution in [0.4, 0.5) is 0 Å². The van der Waals surface area contributed by atoms with E-state index in [1.807, 2.05) is 0 Å². The standard InChI is InChI=1S/C37H65N3O3/c1-26(2)9-6-10-27(3)31-13-14-32-30-12-11-28-25-29(17-19-36(28,4)33(30)18-20-37(31,32)5)43-35(42)16-15-34(41)40(23-7-21-38)24-8-22-39/h11,26-27,29-33H,6-10,12-25,38-39H2,1-5H3/t27-,29?,30?,31?,32?,33?,36?,37?/m1/s1. The quantitative estimate of drug-likeness (QED) is 0.153. The average Bonchev–Trinajstić information content (AvgIpc) is 3.33. The maximum atomic E-state index is 12.8. The Balaban J connectivity index is 1.31. The lowest BCUT2D eigenvalue weighted by Gasteiger charge is -2.58. The SMILES string of the molecule is CC(C)CCC[C@@H](C)C1CCC2C3CC=C4CC(OC(=O)CCC(=O)N(CCCN)CCCN)CCC4(C)C3CCC21C. The summed E-state index contributed by atoms with van der Waals surface area (Å²) in [7, 11) is 0. The number of nitrogens with two attached hydrogens (primary N) is 2. The zero-order valence-corrected chi connectivity index (χ0v) is 28.4. The van der Waals surface area contributed by atoms with E-state index in [0.717, 1.165) is 67.6 Å². The molecule has 4 aliphatic carbocycles. The first kappa shape index (κ1) is 34.5. The number of allylic oxidation sites excluding steroid dienone is 1. The van der Waals surface area contributed by atoms with E-state index in [2.05, 4.69) is 40.7 Å². The molecule has 7 unspecified atom stereocenters. The van der Waals surface area contributed by atoms with E-state index in [0.29, 0.717) is 31.6 Å². The maximum Gasteiger partial charge on any atom is 0.306 e. The minimum Gasteiger partial charge on any atom is -0.462 e. The molecule has 0 saturated heterocycles. The lowest BCUT2D eigenvalue weighted by atomic mass is 9.47. The van der Waals surface area contributed by atoms with Crippen molar-refractivity contribution in [2.75, 3.05) is 26.2 Å². The number of ether oxygens (including phenoxy) is 1. The maximum absolute atomic E-state index is 12.8. The number of amides is 1. The predicted octanol–water partition coefficient (Wildman–Crippen LogP) is 7.25. The second-order valence-corrected chi connectivity index (χ2v) is 15.8. The van der Waals surface area contributed by atoms with Crippen LogP contribution in [0.3, 0.4) is 0 Å². The van der Waals surface area contributed by atoms with Crippen LogP contribution in [-0.2, 0) is 14.3 Å². The third-order valence-corrected chi connectivity index (χ3v) is 12.7. The second kappa shape index (κ2) is 15.3. The number of esters is 1. The molecule has 1 amide bonds. The van der Waals surface area contributed by atoms with Gasteiger partial charge in [0.2, 0.25) is 5.91 Å². The smallest absolute Gasteiger partial charge is 0.306 e. The molecule has 0 aliphatic heterocycles. The van der Waals surface area contributed by atoms with Gasteiger partial charge in [0.25, 0.3) is 0 Å². The summed E-state index contributed by atoms with van der Waals surface area (Å²) in [6.45, 7) is 14.8. The lowest BCUT2D eigenvalue weighted by molar-refractivity contribution is -0.153. The summed E-state index contributed by atoms with van der Waals surface area (Å²) < 4.78 is 6.00. The Bertz CT molecular complexity index is 957. The van der Waals surface area contributed by atoms with E-state index in [9.17, 15) is 9.59 Å². The van der Waals surface area contributed by atoms with Crippen LogP contribution in [0.2, 0.25) is 0 Å². The number of fused-ring (bicyclic) bond motifs is 5. The van der Waals surface area contributed by atoms with E-state index >= 15 is 0 Å². The van der Waals surface area contributed by atoms with Crippen molar-refractivity contribution >= 4 is 11.9 Å². The highest BCUT2D eigenvalue weighted by molar-refractivity contribution is 5.81. The molecule has 3 saturated carbocycles. The minimum atomic E-state index is -0.234. The molecule has 8 atom stereocenters. The monoisotopic (exact) mass is 600 g/mol. The fraction of sp³-hybridized carbons (Fsp3) is 0.892. The second-order valence-electron chi connectivity index (χ2n) is 15.8. The van der Waals surface area contributed by atoms with Gasteiger partial charge in [-0.05, 0) is 117 Å². The topological polar surface area (TPSA) is 98.7 Å². The number of carbonyl (C=O) groups is 2. The molecule has 0 aromatic rings. The van der Waals surface area contributed by atoms with Gasteiger partial charge < -0.3 is 21.1 Å². The summed E-state index contributed by atoms with van der Waals surface area (Å²) in [5, 5.41) is 0. The predicted molar refractivity (Wildman–Crippen MR) is 176 cm³/mol. The molecule has 6 heteroatoms. The number of nitrogens with zero attached hydrogens (tertiary/aromatic N) is 1. The fourth-order valence-corrected chi connectivity index (χ4v) is 10.3. The number of hydrogen-bond acceptors (Lipinski definition) is 5. The highest BCUT2D eigenvalue weighted by atomic mass is 16.5. The van der Waals surface area contributed by atoms with Crippen LogP contribution >= 0.6 is 0 Å². The molecule has 0 heterocycles. The Kier molecular flexibility index (Phi) is 12.2. The van der Waals surface area contributed by atoms with Crippen LogP contribution in [-0.4, -0.2) is 49.1 Å². The van der Waals surface area contributed by atoms with E-state index in [4.69, 9.17) is 16.2 Å². The van der Waals surface area contributed by atoms with Gasteiger partial charge in [0.15, 0.2) is 0 Å². The summed E-state index contributed by atoms with van der Waals surface area (Å²) in [6.07, 6.45) is 18.3. The van der Waals surface area contributed by atoms with E-state index in [-0.39, 0.29) is 36.2 Å². The highest BCUT2D eigenvalue weighted by Gasteiger charge is 2.59. The van der Waals surface area contributed by atoms with Gasteiger partial charge in [-0.2, -0.15) is 0 Å². The molecule has 6 nitrogen and oxygen atoms in total. The van der Waals surface area contributed by atoms with Crippen molar-refractivity contribution in [1.82, 2.24) is 4.90 Å². The molecule has 3 fully saturated rings. The van der Waals surface area contributed by atoms with Gasteiger partial charge in [-0.25, -0.2) is 0 Å². The Hall–Kier alpha value is -1.40. The lowest BCUT2D eigenvalue weighted by Crippen LogP contribution is -2.51. The summed E-state index contributed by atoms with van der Waals surface area (Å²) in [5.41, 5.74) is 13.6. The van der Waals surface area contributed by atoms with Crippen molar-refractivity contribution in [2.24, 2.45) is 57.8 Å². The molecule has 0 aromatic heterocycles. The van der Waals surface area contributed by atoms with Gasteiger partial charge >= 0.3 is 5.97 Å². The van der Waals surface area contributed by atoms with Gasteiger partial charge in [0.1, 0.15) is 6.10 Å². The molecular weight excluding hydrogens is 534 g/mol. The largest absolute Gasteiger partial charge is 0.462 e. The molecule has 246 valence electrons. The molecule has 0 spiro atoms. The molecule has 0 aromatic carbocycles. The van der Waals surface area contributed by atoms with Gasteiger partial charge in [-0.15, -0.1) is 0 Å². The number of rotatable bonds is 15. The third-order valence-electron chi connectivity index (χ3n) is 12.7. The normalized spacial score (nSPS) is 34.1. The molecule has 0 bridgehead atoms. The molecule has 4 N–H and O–H groups in total. The van der Waals surface area contributed by atoms with Crippen molar-refractivity contribution in [2.45, 2.75) is 137 Å². The zero-order chi connectivity index (χ0) is 31.2. The van der Waals surface area contributed by atoms with Gasteiger partial charge in [0.05, 0.1) is 6.42 Å². The molecule has 0 radical (unpaired) electrons. The van der Waals surface area contributed by atoms with Crippen LogP contribution in [0.5, 0.6) is 0 Å². The fourth-order valence-electron chi connectivity index (χ4n) is 10.3. The summed E-state index contributed by atoms with van der Waals surface area (Å²) in [6, 6.07) is 0. The first-order chi connectivity index (χ1) is 20.5. The van der Waals surface area contributed by atoms with Crippen LogP contribution in [0.15, 0.2) is 11.6 Å². The summed E-state index contributed by atoms with van der Waals surface area (Å²) >= 11 is 0. The molecular formula is C37H65N3O3. The van der Waals surface area contributed by atoms with Crippen molar-refractivity contribution < 1.29 is 14.3 Å². The average molecular weight is 600 g/mol. The van der Waals surface area contributed by atoms with Crippen LogP contribution in [0.25, 0.3) is 0 Å². The van der Waals surface area contributed by atoms with E-state index < -0.39 is 0 Å². The first-order valence-corrected chi connectivity index (χ1v) is 18.1. The first-order valence-electron chi connectivity index (χ1n) is 18.1. The number of hydrogen-bond donors (Lipinski definition) is 2. The zero-order valence-electron chi connectivity index (χ0n) is 28.4. The Morgan fingerprint density at radius 3 is 2.33 bits per heavy atom. The van der Waals surface area contributed by atoms with Crippen molar-refractivity contribution in [1.29, 1.82) is 0 Å². The van der Waals surface area contributed by atoms with Crippen molar-refractivity contribution in [3.63, 3.8) is 0 Å². The van der Waals surface area contributed by atoms with Gasteiger partial charge in [-0.1, -0.05) is 65.5 Å². The van der Waals surface area contributed by atoms with Crippen LogP contribution < -0.4 is 11.5 Å². The van der Waals surface area contributed by atoms with E-state index in [1.165, 1.54) is 51.4 Å². The Labute approximate surface area is 263 Å². The third kappa shape index (κ3) is 7.88. The summed E-state index contributed by atoms with van der Waals surface area (Å²) in [5.74, 6) is 4.75. The Morgan fingerprint density at radius 1 is 0.930 bits per heavy atom. The van der Waals surface area contributed by atoms with Crippen molar-refractivity contribution in [3.05, 3.63) is 11.6 Å². The van der Waals surface area contributed by atoms with Gasteiger partial charge in [0, 0.05) is 25.9 Å². The molecule has 4 aliphatic rings. The van der Waals surface area contributed by atoms with Gasteiger partial charge in [-0.3, -0.25) is 9.59 Å². The van der Waals surface area contributed by atoms with E-state index in [1.54, 1.807) is 10.5 Å².